The highest BCUT2D eigenvalue weighted by Gasteiger charge is 2.07. The number of nitrogens with one attached hydrogen (secondary N) is 2. The molecule has 5 heteroatoms. The number of rotatable bonds is 3. The van der Waals surface area contributed by atoms with Crippen molar-refractivity contribution in [2.45, 2.75) is 20.8 Å². The first kappa shape index (κ1) is 11.7. The summed E-state index contributed by atoms with van der Waals surface area (Å²) in [6.45, 7) is 5.96. The first-order chi connectivity index (χ1) is 7.13. The monoisotopic (exact) mass is 225 g/mol. The van der Waals surface area contributed by atoms with Gasteiger partial charge < -0.3 is 5.32 Å². The summed E-state index contributed by atoms with van der Waals surface area (Å²) >= 11 is 1.39. The van der Waals surface area contributed by atoms with E-state index in [1.165, 1.54) is 11.3 Å². The van der Waals surface area contributed by atoms with Gasteiger partial charge in [-0.3, -0.25) is 5.32 Å². The van der Waals surface area contributed by atoms with Crippen molar-refractivity contribution in [3.8, 4) is 0 Å². The number of thiazole rings is 1. The van der Waals surface area contributed by atoms with Crippen molar-refractivity contribution in [1.82, 2.24) is 10.3 Å². The zero-order chi connectivity index (χ0) is 11.3. The summed E-state index contributed by atoms with van der Waals surface area (Å²) in [4.78, 5) is 15.4. The molecule has 1 heterocycles. The van der Waals surface area contributed by atoms with E-state index in [1.54, 1.807) is 6.20 Å². The van der Waals surface area contributed by atoms with E-state index in [1.807, 2.05) is 32.2 Å². The number of aromatic nitrogens is 1. The third-order valence-corrected chi connectivity index (χ3v) is 2.53. The normalized spacial score (nSPS) is 11.6. The molecule has 0 aromatic carbocycles. The van der Waals surface area contributed by atoms with Gasteiger partial charge in [-0.25, -0.2) is 9.78 Å². The minimum atomic E-state index is -0.244. The van der Waals surface area contributed by atoms with Crippen molar-refractivity contribution in [1.29, 1.82) is 0 Å². The van der Waals surface area contributed by atoms with Crippen LogP contribution < -0.4 is 10.6 Å². The number of urea groups is 1. The topological polar surface area (TPSA) is 54.0 Å². The average molecular weight is 225 g/mol. The summed E-state index contributed by atoms with van der Waals surface area (Å²) in [5, 5.41) is 7.86. The summed E-state index contributed by atoms with van der Waals surface area (Å²) < 4.78 is 0. The molecule has 15 heavy (non-hydrogen) atoms. The number of hydrogen-bond acceptors (Lipinski definition) is 3. The number of carbonyl (C=O) groups excluding carboxylic acids is 1. The second-order valence-electron chi connectivity index (χ2n) is 3.32. The van der Waals surface area contributed by atoms with E-state index in [0.29, 0.717) is 11.0 Å². The summed E-state index contributed by atoms with van der Waals surface area (Å²) in [6.07, 6.45) is 3.55. The van der Waals surface area contributed by atoms with Crippen molar-refractivity contribution in [2.75, 3.05) is 5.32 Å². The van der Waals surface area contributed by atoms with Crippen molar-refractivity contribution in [3.05, 3.63) is 23.3 Å². The average Bonchev–Trinajstić information content (AvgIpc) is 2.66. The fraction of sp³-hybridized carbons (Fsp3) is 0.400. The van der Waals surface area contributed by atoms with E-state index >= 15 is 0 Å². The summed E-state index contributed by atoms with van der Waals surface area (Å²) in [6, 6.07) is -0.244. The lowest BCUT2D eigenvalue weighted by molar-refractivity contribution is 0.253. The minimum Gasteiger partial charge on any atom is -0.312 e. The molecule has 0 spiro atoms. The van der Waals surface area contributed by atoms with Crippen LogP contribution in [0.5, 0.6) is 0 Å². The van der Waals surface area contributed by atoms with E-state index in [9.17, 15) is 4.79 Å². The number of carbonyl (C=O) groups is 1. The Morgan fingerprint density at radius 2 is 2.33 bits per heavy atom. The standard InChI is InChI=1S/C10H15N3OS/c1-4-8(7(2)3)12-9(14)13-10-11-5-6-15-10/h4-7H,1-3H3,(H2,11,12,13,14)/b8-4+. The van der Waals surface area contributed by atoms with Crippen LogP contribution >= 0.6 is 11.3 Å². The molecule has 0 unspecified atom stereocenters. The van der Waals surface area contributed by atoms with E-state index in [2.05, 4.69) is 15.6 Å². The zero-order valence-corrected chi connectivity index (χ0v) is 9.89. The zero-order valence-electron chi connectivity index (χ0n) is 9.07. The number of anilines is 1. The third kappa shape index (κ3) is 3.71. The molecule has 0 aliphatic rings. The molecular weight excluding hydrogens is 210 g/mol. The first-order valence-electron chi connectivity index (χ1n) is 4.77. The third-order valence-electron chi connectivity index (χ3n) is 1.84. The van der Waals surface area contributed by atoms with Gasteiger partial charge in [0.25, 0.3) is 0 Å². The molecule has 2 amide bonds. The van der Waals surface area contributed by atoms with Crippen molar-refractivity contribution < 1.29 is 4.79 Å². The Morgan fingerprint density at radius 3 is 2.80 bits per heavy atom. The van der Waals surface area contributed by atoms with E-state index < -0.39 is 0 Å². The molecule has 0 saturated heterocycles. The van der Waals surface area contributed by atoms with Gasteiger partial charge in [-0.1, -0.05) is 19.9 Å². The maximum Gasteiger partial charge on any atom is 0.325 e. The fourth-order valence-electron chi connectivity index (χ4n) is 1.09. The number of nitrogens with zero attached hydrogens (tertiary/aromatic N) is 1. The second-order valence-corrected chi connectivity index (χ2v) is 4.21. The summed E-state index contributed by atoms with van der Waals surface area (Å²) in [5.74, 6) is 0.303. The van der Waals surface area contributed by atoms with Crippen molar-refractivity contribution in [2.24, 2.45) is 5.92 Å². The van der Waals surface area contributed by atoms with Gasteiger partial charge in [0, 0.05) is 17.3 Å². The molecule has 0 saturated carbocycles. The molecule has 0 bridgehead atoms. The predicted molar refractivity (Wildman–Crippen MR) is 62.9 cm³/mol. The number of amides is 2. The number of allylic oxidation sites excluding steroid dienone is 2. The van der Waals surface area contributed by atoms with Crippen LogP contribution in [0.1, 0.15) is 20.8 Å². The molecule has 1 aromatic rings. The van der Waals surface area contributed by atoms with Gasteiger partial charge in [0.15, 0.2) is 5.13 Å². The van der Waals surface area contributed by atoms with Gasteiger partial charge in [-0.15, -0.1) is 11.3 Å². The van der Waals surface area contributed by atoms with Crippen LogP contribution in [0, 0.1) is 5.92 Å². The molecule has 1 rings (SSSR count). The highest BCUT2D eigenvalue weighted by Crippen LogP contribution is 2.11. The number of hydrogen-bond donors (Lipinski definition) is 2. The Morgan fingerprint density at radius 1 is 1.60 bits per heavy atom. The van der Waals surface area contributed by atoms with Crippen LogP contribution in [-0.4, -0.2) is 11.0 Å². The molecule has 0 aliphatic heterocycles. The van der Waals surface area contributed by atoms with E-state index in [-0.39, 0.29) is 6.03 Å². The van der Waals surface area contributed by atoms with Gasteiger partial charge in [-0.2, -0.15) is 0 Å². The van der Waals surface area contributed by atoms with Crippen LogP contribution in [0.15, 0.2) is 23.3 Å². The second kappa shape index (κ2) is 5.50. The largest absolute Gasteiger partial charge is 0.325 e. The van der Waals surface area contributed by atoms with E-state index in [0.717, 1.165) is 5.70 Å². The Bertz CT molecular complexity index is 344. The lowest BCUT2D eigenvalue weighted by atomic mass is 10.1. The summed E-state index contributed by atoms with van der Waals surface area (Å²) in [7, 11) is 0. The van der Waals surface area contributed by atoms with Crippen LogP contribution in [-0.2, 0) is 0 Å². The Hall–Kier alpha value is -1.36. The Labute approximate surface area is 93.4 Å². The van der Waals surface area contributed by atoms with Gasteiger partial charge >= 0.3 is 6.03 Å². The molecule has 0 radical (unpaired) electrons. The quantitative estimate of drug-likeness (QED) is 0.831. The van der Waals surface area contributed by atoms with Crippen LogP contribution in [0.4, 0.5) is 9.93 Å². The van der Waals surface area contributed by atoms with Crippen LogP contribution in [0.3, 0.4) is 0 Å². The lowest BCUT2D eigenvalue weighted by Gasteiger charge is -2.12. The Kier molecular flexibility index (Phi) is 4.30. The van der Waals surface area contributed by atoms with Crippen molar-refractivity contribution in [3.63, 3.8) is 0 Å². The molecule has 0 aliphatic carbocycles. The van der Waals surface area contributed by atoms with Gasteiger partial charge in [0.2, 0.25) is 0 Å². The predicted octanol–water partition coefficient (Wildman–Crippen LogP) is 2.82. The highest BCUT2D eigenvalue weighted by atomic mass is 32.1. The minimum absolute atomic E-state index is 0.244. The molecular formula is C10H15N3OS. The van der Waals surface area contributed by atoms with Gasteiger partial charge in [-0.05, 0) is 12.8 Å². The van der Waals surface area contributed by atoms with Gasteiger partial charge in [0.1, 0.15) is 0 Å². The molecule has 4 nitrogen and oxygen atoms in total. The van der Waals surface area contributed by atoms with Gasteiger partial charge in [0.05, 0.1) is 0 Å². The first-order valence-corrected chi connectivity index (χ1v) is 5.65. The summed E-state index contributed by atoms with van der Waals surface area (Å²) in [5.41, 5.74) is 0.907. The highest BCUT2D eigenvalue weighted by molar-refractivity contribution is 7.13. The molecule has 2 N–H and O–H groups in total. The molecule has 0 atom stereocenters. The molecule has 82 valence electrons. The smallest absolute Gasteiger partial charge is 0.312 e. The van der Waals surface area contributed by atoms with E-state index in [4.69, 9.17) is 0 Å². The SMILES string of the molecule is C/C=C(/NC(=O)Nc1nccs1)C(C)C. The molecule has 0 fully saturated rings. The lowest BCUT2D eigenvalue weighted by Crippen LogP contribution is -2.29. The van der Waals surface area contributed by atoms with Crippen LogP contribution in [0.2, 0.25) is 0 Å². The Balaban J connectivity index is 2.49. The maximum atomic E-state index is 11.5. The fourth-order valence-corrected chi connectivity index (χ4v) is 1.62. The van der Waals surface area contributed by atoms with Crippen molar-refractivity contribution >= 4 is 22.5 Å². The molecule has 1 aromatic heterocycles. The maximum absolute atomic E-state index is 11.5. The van der Waals surface area contributed by atoms with Crippen LogP contribution in [0.25, 0.3) is 0 Å².